The summed E-state index contributed by atoms with van der Waals surface area (Å²) < 4.78 is 7.78. The van der Waals surface area contributed by atoms with Crippen LogP contribution in [0, 0.1) is 0 Å². The number of ether oxygens (including phenoxy) is 1. The molecule has 4 rings (SSSR count). The summed E-state index contributed by atoms with van der Waals surface area (Å²) in [6.07, 6.45) is 7.72. The molecule has 1 N–H and O–H groups in total. The van der Waals surface area contributed by atoms with Crippen LogP contribution >= 0.6 is 0 Å². The summed E-state index contributed by atoms with van der Waals surface area (Å²) in [5, 5.41) is 8.47. The first kappa shape index (κ1) is 16.6. The third kappa shape index (κ3) is 3.45. The average Bonchev–Trinajstić information content (AvgIpc) is 3.29. The molecule has 0 radical (unpaired) electrons. The minimum atomic E-state index is 0.0660. The molecule has 134 valence electrons. The molecule has 1 saturated heterocycles. The van der Waals surface area contributed by atoms with E-state index < -0.39 is 0 Å². The van der Waals surface area contributed by atoms with E-state index in [1.54, 1.807) is 0 Å². The molecule has 2 aliphatic rings. The molecule has 0 bridgehead atoms. The average molecular weight is 339 g/mol. The number of aryl methyl sites for hydroxylation is 1. The molecule has 4 nitrogen and oxygen atoms in total. The van der Waals surface area contributed by atoms with Crippen molar-refractivity contribution in [3.05, 3.63) is 47.7 Å². The summed E-state index contributed by atoms with van der Waals surface area (Å²) >= 11 is 0. The van der Waals surface area contributed by atoms with Crippen LogP contribution in [-0.4, -0.2) is 29.5 Å². The molecular formula is C21H29N3O. The van der Waals surface area contributed by atoms with E-state index in [9.17, 15) is 0 Å². The highest BCUT2D eigenvalue weighted by Gasteiger charge is 2.36. The first-order chi connectivity index (χ1) is 12.3. The van der Waals surface area contributed by atoms with Crippen molar-refractivity contribution in [3.8, 4) is 0 Å². The number of nitrogens with zero attached hydrogens (tertiary/aromatic N) is 2. The van der Waals surface area contributed by atoms with E-state index >= 15 is 0 Å². The van der Waals surface area contributed by atoms with Crippen LogP contribution in [0.1, 0.15) is 55.7 Å². The third-order valence-corrected chi connectivity index (χ3v) is 6.02. The van der Waals surface area contributed by atoms with Crippen LogP contribution in [0.3, 0.4) is 0 Å². The molecule has 4 heteroatoms. The van der Waals surface area contributed by atoms with E-state index in [0.29, 0.717) is 5.92 Å². The molecular weight excluding hydrogens is 310 g/mol. The minimum Gasteiger partial charge on any atom is -0.380 e. The predicted molar refractivity (Wildman–Crippen MR) is 101 cm³/mol. The van der Waals surface area contributed by atoms with Gasteiger partial charge in [0.25, 0.3) is 0 Å². The van der Waals surface area contributed by atoms with Gasteiger partial charge >= 0.3 is 0 Å². The highest BCUT2D eigenvalue weighted by Crippen LogP contribution is 2.35. The number of anilines is 1. The van der Waals surface area contributed by atoms with Gasteiger partial charge in [-0.15, -0.1) is 0 Å². The SMILES string of the molecule is Cn1nc(C2CCCCC2)cc1NCC1(c2ccccc2)CCOC1. The lowest BCUT2D eigenvalue weighted by molar-refractivity contribution is 0.179. The van der Waals surface area contributed by atoms with E-state index in [2.05, 4.69) is 48.8 Å². The van der Waals surface area contributed by atoms with Gasteiger partial charge in [0.1, 0.15) is 5.82 Å². The molecule has 2 fully saturated rings. The molecule has 2 aromatic rings. The van der Waals surface area contributed by atoms with Crippen LogP contribution in [0.15, 0.2) is 36.4 Å². The lowest BCUT2D eigenvalue weighted by atomic mass is 9.80. The summed E-state index contributed by atoms with van der Waals surface area (Å²) in [6, 6.07) is 13.1. The molecule has 1 aromatic heterocycles. The maximum atomic E-state index is 5.77. The van der Waals surface area contributed by atoms with E-state index in [1.165, 1.54) is 43.4 Å². The van der Waals surface area contributed by atoms with Gasteiger partial charge in [0.05, 0.1) is 12.3 Å². The molecule has 25 heavy (non-hydrogen) atoms. The van der Waals surface area contributed by atoms with E-state index in [-0.39, 0.29) is 5.41 Å². The Balaban J connectivity index is 1.49. The molecule has 1 unspecified atom stereocenters. The molecule has 1 atom stereocenters. The van der Waals surface area contributed by atoms with Crippen molar-refractivity contribution in [3.63, 3.8) is 0 Å². The van der Waals surface area contributed by atoms with Gasteiger partial charge in [0.2, 0.25) is 0 Å². The normalized spacial score (nSPS) is 24.5. The maximum absolute atomic E-state index is 5.77. The highest BCUT2D eigenvalue weighted by molar-refractivity contribution is 5.40. The van der Waals surface area contributed by atoms with Crippen LogP contribution in [0.5, 0.6) is 0 Å². The smallest absolute Gasteiger partial charge is 0.124 e. The van der Waals surface area contributed by atoms with Gasteiger partial charge in [0, 0.05) is 37.6 Å². The quantitative estimate of drug-likeness (QED) is 0.885. The van der Waals surface area contributed by atoms with Gasteiger partial charge in [-0.05, 0) is 24.8 Å². The fraction of sp³-hybridized carbons (Fsp3) is 0.571. The van der Waals surface area contributed by atoms with Crippen molar-refractivity contribution in [2.45, 2.75) is 49.9 Å². The van der Waals surface area contributed by atoms with Crippen molar-refractivity contribution in [1.82, 2.24) is 9.78 Å². The topological polar surface area (TPSA) is 39.1 Å². The van der Waals surface area contributed by atoms with Crippen molar-refractivity contribution in [2.75, 3.05) is 25.1 Å². The number of nitrogens with one attached hydrogen (secondary N) is 1. The summed E-state index contributed by atoms with van der Waals surface area (Å²) in [4.78, 5) is 0. The second kappa shape index (κ2) is 7.20. The van der Waals surface area contributed by atoms with Crippen molar-refractivity contribution in [2.24, 2.45) is 7.05 Å². The molecule has 1 aromatic carbocycles. The third-order valence-electron chi connectivity index (χ3n) is 6.02. The number of hydrogen-bond donors (Lipinski definition) is 1. The van der Waals surface area contributed by atoms with E-state index in [1.807, 2.05) is 4.68 Å². The van der Waals surface area contributed by atoms with Crippen LogP contribution in [0.2, 0.25) is 0 Å². The number of benzene rings is 1. The second-order valence-corrected chi connectivity index (χ2v) is 7.72. The van der Waals surface area contributed by atoms with E-state index in [4.69, 9.17) is 9.84 Å². The molecule has 0 amide bonds. The standard InChI is InChI=1S/C21H29N3O/c1-24-20(14-19(23-24)17-8-4-2-5-9-17)22-15-21(12-13-25-16-21)18-10-6-3-7-11-18/h3,6-7,10-11,14,17,22H,2,4-5,8-9,12-13,15-16H2,1H3. The zero-order chi connectivity index (χ0) is 17.1. The maximum Gasteiger partial charge on any atom is 0.124 e. The number of aromatic nitrogens is 2. The predicted octanol–water partition coefficient (Wildman–Crippen LogP) is 4.24. The largest absolute Gasteiger partial charge is 0.380 e. The van der Waals surface area contributed by atoms with Crippen LogP contribution in [-0.2, 0) is 17.2 Å². The van der Waals surface area contributed by atoms with Crippen LogP contribution in [0.4, 0.5) is 5.82 Å². The monoisotopic (exact) mass is 339 g/mol. The van der Waals surface area contributed by atoms with Gasteiger partial charge in [-0.2, -0.15) is 5.10 Å². The summed E-state index contributed by atoms with van der Waals surface area (Å²) in [7, 11) is 2.05. The van der Waals surface area contributed by atoms with Gasteiger partial charge < -0.3 is 10.1 Å². The first-order valence-electron chi connectivity index (χ1n) is 9.68. The van der Waals surface area contributed by atoms with Crippen molar-refractivity contribution in [1.29, 1.82) is 0 Å². The number of hydrogen-bond acceptors (Lipinski definition) is 3. The number of rotatable bonds is 5. The molecule has 1 saturated carbocycles. The van der Waals surface area contributed by atoms with Gasteiger partial charge in [-0.25, -0.2) is 0 Å². The summed E-state index contributed by atoms with van der Waals surface area (Å²) in [5.74, 6) is 1.77. The summed E-state index contributed by atoms with van der Waals surface area (Å²) in [5.41, 5.74) is 2.70. The molecule has 1 aliphatic heterocycles. The van der Waals surface area contributed by atoms with Crippen LogP contribution in [0.25, 0.3) is 0 Å². The first-order valence-corrected chi connectivity index (χ1v) is 9.68. The molecule has 1 aliphatic carbocycles. The molecule has 2 heterocycles. The van der Waals surface area contributed by atoms with Gasteiger partial charge in [0.15, 0.2) is 0 Å². The lowest BCUT2D eigenvalue weighted by Gasteiger charge is -2.28. The summed E-state index contributed by atoms with van der Waals surface area (Å²) in [6.45, 7) is 2.52. The Morgan fingerprint density at radius 1 is 1.20 bits per heavy atom. The van der Waals surface area contributed by atoms with Crippen LogP contribution < -0.4 is 5.32 Å². The highest BCUT2D eigenvalue weighted by atomic mass is 16.5. The zero-order valence-corrected chi connectivity index (χ0v) is 15.2. The zero-order valence-electron chi connectivity index (χ0n) is 15.2. The lowest BCUT2D eigenvalue weighted by Crippen LogP contribution is -2.35. The second-order valence-electron chi connectivity index (χ2n) is 7.72. The molecule has 0 spiro atoms. The Bertz CT molecular complexity index is 682. The fourth-order valence-corrected chi connectivity index (χ4v) is 4.38. The van der Waals surface area contributed by atoms with Crippen molar-refractivity contribution < 1.29 is 4.74 Å². The van der Waals surface area contributed by atoms with Gasteiger partial charge in [-0.3, -0.25) is 4.68 Å². The Labute approximate surface area is 150 Å². The van der Waals surface area contributed by atoms with E-state index in [0.717, 1.165) is 32.0 Å². The Morgan fingerprint density at radius 2 is 2.00 bits per heavy atom. The Kier molecular flexibility index (Phi) is 4.80. The minimum absolute atomic E-state index is 0.0660. The van der Waals surface area contributed by atoms with Crippen molar-refractivity contribution >= 4 is 5.82 Å². The fourth-order valence-electron chi connectivity index (χ4n) is 4.38. The van der Waals surface area contributed by atoms with Gasteiger partial charge in [-0.1, -0.05) is 49.6 Å². The Hall–Kier alpha value is -1.81. The Morgan fingerprint density at radius 3 is 2.72 bits per heavy atom.